The Balaban J connectivity index is 0.000000394. The second kappa shape index (κ2) is 30.6. The molecular weight excluding hydrogens is 947 g/mol. The highest BCUT2D eigenvalue weighted by molar-refractivity contribution is 7.06. The molecule has 0 amide bonds. The van der Waals surface area contributed by atoms with Gasteiger partial charge in [-0.3, -0.25) is 0 Å². The van der Waals surface area contributed by atoms with Crippen LogP contribution in [0.5, 0.6) is 0 Å². The van der Waals surface area contributed by atoms with Crippen molar-refractivity contribution in [3.8, 4) is 0 Å². The van der Waals surface area contributed by atoms with Gasteiger partial charge in [-0.2, -0.15) is 8.75 Å². The molecule has 0 saturated heterocycles. The Bertz CT molecular complexity index is 2370. The molecule has 9 aromatic heterocycles. The summed E-state index contributed by atoms with van der Waals surface area (Å²) in [5.41, 5.74) is 16.2. The summed E-state index contributed by atoms with van der Waals surface area (Å²) in [5.74, 6) is 6.09. The Labute approximate surface area is 426 Å². The summed E-state index contributed by atoms with van der Waals surface area (Å²) in [6.45, 7) is 49.1. The van der Waals surface area contributed by atoms with Crippen molar-refractivity contribution in [2.75, 3.05) is 0 Å². The summed E-state index contributed by atoms with van der Waals surface area (Å²) < 4.78 is 41.1. The van der Waals surface area contributed by atoms with Gasteiger partial charge in [-0.05, 0) is 205 Å². The van der Waals surface area contributed by atoms with Gasteiger partial charge in [-0.15, -0.1) is 5.10 Å². The molecule has 0 aliphatic carbocycles. The minimum absolute atomic E-state index is 0.750. The molecule has 0 bridgehead atoms. The van der Waals surface area contributed by atoms with Gasteiger partial charge in [0, 0.05) is 45.2 Å². The van der Waals surface area contributed by atoms with Crippen molar-refractivity contribution >= 4 is 34.6 Å². The molecule has 0 fully saturated rings. The summed E-state index contributed by atoms with van der Waals surface area (Å²) in [6, 6.07) is 0. The first kappa shape index (κ1) is 62.0. The van der Waals surface area contributed by atoms with Crippen LogP contribution in [0, 0.1) is 173 Å². The van der Waals surface area contributed by atoms with Crippen LogP contribution in [-0.2, 0) is 0 Å². The zero-order valence-corrected chi connectivity index (χ0v) is 48.5. The van der Waals surface area contributed by atoms with Gasteiger partial charge in [0.1, 0.15) is 40.2 Å². The van der Waals surface area contributed by atoms with Crippen LogP contribution in [0.4, 0.5) is 0 Å². The van der Waals surface area contributed by atoms with Crippen molar-refractivity contribution < 1.29 is 27.0 Å². The quantitative estimate of drug-likeness (QED) is 0.138. The van der Waals surface area contributed by atoms with E-state index in [0.29, 0.717) is 0 Å². The smallest absolute Gasteiger partial charge is 0.191 e. The van der Waals surface area contributed by atoms with Crippen LogP contribution in [0.2, 0.25) is 0 Å². The molecular formula is C50H75N11O6S3. The topological polar surface area (TPSA) is 221 Å². The SMILES string of the molecule is Cc1nc(C)c(C)o1.Cc1nc(C)c(C)o1.Cc1nnsc1C.Cc1noc(C)c1C.Cc1noc(C)c1C.Cc1noc(C)c1C.Cc1nonc1C.Cc1nsc(C)c1C.Cc1nsc(C)c1C. The summed E-state index contributed by atoms with van der Waals surface area (Å²) in [4.78, 5) is 12.0. The number of aromatic nitrogens is 11. The molecule has 9 rings (SSSR count). The van der Waals surface area contributed by atoms with Crippen LogP contribution >= 0.6 is 34.6 Å². The minimum atomic E-state index is 0.750. The second-order valence-corrected chi connectivity index (χ2v) is 19.3. The predicted octanol–water partition coefficient (Wildman–Crippen LogP) is 14.0. The zero-order chi connectivity index (χ0) is 53.6. The highest BCUT2D eigenvalue weighted by Gasteiger charge is 2.03. The van der Waals surface area contributed by atoms with Gasteiger partial charge >= 0.3 is 0 Å². The van der Waals surface area contributed by atoms with Crippen molar-refractivity contribution in [1.29, 1.82) is 0 Å². The Morgan fingerprint density at radius 3 is 0.686 bits per heavy atom. The van der Waals surface area contributed by atoms with Gasteiger partial charge in [0.25, 0.3) is 0 Å². The van der Waals surface area contributed by atoms with Crippen molar-refractivity contribution in [2.24, 2.45) is 0 Å². The summed E-state index contributed by atoms with van der Waals surface area (Å²) >= 11 is 4.61. The Kier molecular flexibility index (Phi) is 27.1. The van der Waals surface area contributed by atoms with Crippen LogP contribution in [-0.4, -0.2) is 54.1 Å². The summed E-state index contributed by atoms with van der Waals surface area (Å²) in [6.07, 6.45) is 0. The van der Waals surface area contributed by atoms with Crippen molar-refractivity contribution in [1.82, 2.24) is 54.1 Å². The molecule has 0 unspecified atom stereocenters. The van der Waals surface area contributed by atoms with E-state index >= 15 is 0 Å². The standard InChI is InChI=1S/5C6H9NO.2C6H9NS.C4H6N2O.C4H6N2S/c2*1-4-5(2)8-6(3)7-4;5*1-4-5(2)7-8-6(4)3;1-3-4(2)6-7-5-3;1-3-4(2)7-6-5-3/h7*1-3H3;2*1-2H3. The first-order chi connectivity index (χ1) is 32.6. The molecule has 70 heavy (non-hydrogen) atoms. The first-order valence-electron chi connectivity index (χ1n) is 22.4. The molecule has 20 heteroatoms. The fourth-order valence-corrected chi connectivity index (χ4v) is 6.31. The second-order valence-electron chi connectivity index (χ2n) is 16.3. The van der Waals surface area contributed by atoms with E-state index in [1.54, 1.807) is 23.1 Å². The fourth-order valence-electron chi connectivity index (χ4n) is 4.46. The molecule has 0 aliphatic heterocycles. The Morgan fingerprint density at radius 1 is 0.286 bits per heavy atom. The van der Waals surface area contributed by atoms with Crippen molar-refractivity contribution in [3.05, 3.63) is 140 Å². The summed E-state index contributed by atoms with van der Waals surface area (Å²) in [5, 5.41) is 22.1. The molecule has 0 spiro atoms. The molecule has 9 heterocycles. The molecule has 0 aliphatic rings. The molecule has 0 saturated carbocycles. The van der Waals surface area contributed by atoms with Gasteiger partial charge in [-0.25, -0.2) is 14.6 Å². The van der Waals surface area contributed by atoms with Gasteiger partial charge < -0.3 is 22.4 Å². The van der Waals surface area contributed by atoms with Gasteiger partial charge in [0.2, 0.25) is 0 Å². The van der Waals surface area contributed by atoms with Crippen LogP contribution in [0.1, 0.15) is 140 Å². The average Bonchev–Trinajstić information content (AvgIpc) is 4.24. The number of rotatable bonds is 0. The fraction of sp³-hybridized carbons (Fsp3) is 0.500. The molecule has 0 aromatic carbocycles. The van der Waals surface area contributed by atoms with E-state index in [4.69, 9.17) is 22.4 Å². The lowest BCUT2D eigenvalue weighted by Crippen LogP contribution is -1.73. The zero-order valence-electron chi connectivity index (χ0n) is 46.1. The maximum atomic E-state index is 5.10. The number of hydrogen-bond acceptors (Lipinski definition) is 20. The third-order valence-corrected chi connectivity index (χ3v) is 13.6. The number of nitrogens with zero attached hydrogens (tertiary/aromatic N) is 11. The highest BCUT2D eigenvalue weighted by atomic mass is 32.1. The Morgan fingerprint density at radius 2 is 0.614 bits per heavy atom. The lowest BCUT2D eigenvalue weighted by molar-refractivity contribution is 0.302. The van der Waals surface area contributed by atoms with E-state index < -0.39 is 0 Å². The van der Waals surface area contributed by atoms with E-state index in [2.05, 4.69) is 86.4 Å². The molecule has 17 nitrogen and oxygen atoms in total. The largest absolute Gasteiger partial charge is 0.446 e. The molecule has 0 radical (unpaired) electrons. The van der Waals surface area contributed by atoms with Gasteiger partial charge in [0.05, 0.1) is 45.6 Å². The maximum absolute atomic E-state index is 5.10. The number of oxazole rings is 2. The van der Waals surface area contributed by atoms with Gasteiger partial charge in [-0.1, -0.05) is 30.3 Å². The lowest BCUT2D eigenvalue weighted by Gasteiger charge is -1.83. The van der Waals surface area contributed by atoms with E-state index in [1.165, 1.54) is 48.7 Å². The van der Waals surface area contributed by atoms with Crippen molar-refractivity contribution in [3.63, 3.8) is 0 Å². The van der Waals surface area contributed by atoms with Crippen LogP contribution in [0.15, 0.2) is 27.0 Å². The van der Waals surface area contributed by atoms with E-state index in [9.17, 15) is 0 Å². The minimum Gasteiger partial charge on any atom is -0.446 e. The third kappa shape index (κ3) is 21.8. The Hall–Kier alpha value is -5.99. The predicted molar refractivity (Wildman–Crippen MR) is 279 cm³/mol. The van der Waals surface area contributed by atoms with E-state index in [-0.39, 0.29) is 0 Å². The maximum Gasteiger partial charge on any atom is 0.191 e. The highest BCUT2D eigenvalue weighted by Crippen LogP contribution is 2.16. The van der Waals surface area contributed by atoms with Crippen LogP contribution in [0.3, 0.4) is 0 Å². The van der Waals surface area contributed by atoms with Crippen LogP contribution < -0.4 is 0 Å². The van der Waals surface area contributed by atoms with E-state index in [0.717, 1.165) is 103 Å². The number of hydrogen-bond donors (Lipinski definition) is 0. The molecule has 0 N–H and O–H groups in total. The first-order valence-corrected chi connectivity index (χ1v) is 24.7. The van der Waals surface area contributed by atoms with Gasteiger partial charge in [0.15, 0.2) is 11.8 Å². The lowest BCUT2D eigenvalue weighted by atomic mass is 10.2. The van der Waals surface area contributed by atoms with E-state index in [1.807, 2.05) is 145 Å². The number of aryl methyl sites for hydroxylation is 20. The third-order valence-electron chi connectivity index (χ3n) is 11.0. The molecule has 384 valence electrons. The molecule has 9 aromatic rings. The monoisotopic (exact) mass is 1020 g/mol. The van der Waals surface area contributed by atoms with Crippen LogP contribution in [0.25, 0.3) is 0 Å². The normalized spacial score (nSPS) is 9.79. The summed E-state index contributed by atoms with van der Waals surface area (Å²) in [7, 11) is 0. The average molecular weight is 1020 g/mol. The van der Waals surface area contributed by atoms with Crippen molar-refractivity contribution in [2.45, 2.75) is 173 Å². The molecule has 0 atom stereocenters.